The monoisotopic (exact) mass is 547 g/mol. The van der Waals surface area contributed by atoms with Gasteiger partial charge in [-0.05, 0) is 68.8 Å². The predicted molar refractivity (Wildman–Crippen MR) is 155 cm³/mol. The smallest absolute Gasteiger partial charge is 0.213 e. The minimum atomic E-state index is -0.104. The molecule has 40 heavy (non-hydrogen) atoms. The molecule has 3 heterocycles. The first kappa shape index (κ1) is 28.2. The van der Waals surface area contributed by atoms with Crippen molar-refractivity contribution in [2.45, 2.75) is 25.5 Å². The van der Waals surface area contributed by atoms with Crippen molar-refractivity contribution in [3.63, 3.8) is 0 Å². The van der Waals surface area contributed by atoms with Crippen molar-refractivity contribution >= 4 is 0 Å². The van der Waals surface area contributed by atoms with Crippen molar-refractivity contribution in [2.24, 2.45) is 5.92 Å². The number of aromatic nitrogens is 1. The standard InChI is InChI=1S/C32H41N3O5/c1-34(2)16-19-38-26-12-10-24(11-13-26)20-35(21-25-14-17-37-18-15-25)22-27-23-39-30-8-4-6-28(32(30)40-27)29-7-5-9-31(33-29)36-3/h4-13,25,27H,14-23H2,1-3H3. The minimum absolute atomic E-state index is 0.104. The van der Waals surface area contributed by atoms with Gasteiger partial charge in [-0.1, -0.05) is 24.3 Å². The fourth-order valence-electron chi connectivity index (χ4n) is 5.19. The molecule has 2 aliphatic heterocycles. The molecule has 5 rings (SSSR count). The quantitative estimate of drug-likeness (QED) is 0.322. The molecule has 1 saturated heterocycles. The van der Waals surface area contributed by atoms with E-state index in [0.29, 0.717) is 25.0 Å². The van der Waals surface area contributed by atoms with Gasteiger partial charge in [-0.15, -0.1) is 0 Å². The van der Waals surface area contributed by atoms with Gasteiger partial charge in [0.2, 0.25) is 5.88 Å². The molecule has 1 aromatic heterocycles. The van der Waals surface area contributed by atoms with Gasteiger partial charge >= 0.3 is 0 Å². The first-order valence-corrected chi connectivity index (χ1v) is 14.2. The zero-order chi connectivity index (χ0) is 27.7. The number of nitrogens with zero attached hydrogens (tertiary/aromatic N) is 3. The number of hydrogen-bond acceptors (Lipinski definition) is 8. The maximum atomic E-state index is 6.63. The first-order chi connectivity index (χ1) is 19.6. The van der Waals surface area contributed by atoms with Gasteiger partial charge in [0.25, 0.3) is 0 Å². The lowest BCUT2D eigenvalue weighted by atomic mass is 9.99. The van der Waals surface area contributed by atoms with Crippen molar-refractivity contribution in [3.8, 4) is 34.4 Å². The van der Waals surface area contributed by atoms with Gasteiger partial charge in [0.05, 0.1) is 12.8 Å². The number of ether oxygens (including phenoxy) is 5. The Morgan fingerprint density at radius 3 is 2.52 bits per heavy atom. The number of pyridine rings is 1. The second-order valence-corrected chi connectivity index (χ2v) is 10.8. The summed E-state index contributed by atoms with van der Waals surface area (Å²) in [4.78, 5) is 9.25. The highest BCUT2D eigenvalue weighted by molar-refractivity contribution is 5.71. The van der Waals surface area contributed by atoms with Crippen molar-refractivity contribution < 1.29 is 23.7 Å². The van der Waals surface area contributed by atoms with Crippen LogP contribution in [-0.4, -0.2) is 88.2 Å². The second-order valence-electron chi connectivity index (χ2n) is 10.8. The largest absolute Gasteiger partial charge is 0.492 e. The SMILES string of the molecule is COc1cccc(-c2cccc3c2OC(CN(Cc2ccc(OCCN(C)C)cc2)CC2CCOCC2)CO3)n1. The fraction of sp³-hybridized carbons (Fsp3) is 0.469. The summed E-state index contributed by atoms with van der Waals surface area (Å²) in [5.41, 5.74) is 2.96. The van der Waals surface area contributed by atoms with Gasteiger partial charge in [0.1, 0.15) is 25.1 Å². The van der Waals surface area contributed by atoms with Crippen LogP contribution in [0.3, 0.4) is 0 Å². The van der Waals surface area contributed by atoms with Gasteiger partial charge < -0.3 is 28.6 Å². The zero-order valence-corrected chi connectivity index (χ0v) is 23.9. The van der Waals surface area contributed by atoms with Crippen molar-refractivity contribution in [1.29, 1.82) is 0 Å². The number of hydrogen-bond donors (Lipinski definition) is 0. The molecule has 0 radical (unpaired) electrons. The molecule has 0 amide bonds. The Morgan fingerprint density at radius 1 is 0.950 bits per heavy atom. The molecule has 8 heteroatoms. The topological polar surface area (TPSA) is 65.5 Å². The minimum Gasteiger partial charge on any atom is -0.492 e. The van der Waals surface area contributed by atoms with Crippen LogP contribution in [0.15, 0.2) is 60.7 Å². The van der Waals surface area contributed by atoms with Crippen LogP contribution in [0.2, 0.25) is 0 Å². The molecule has 1 fully saturated rings. The molecule has 2 aromatic carbocycles. The molecule has 0 aliphatic carbocycles. The molecule has 0 spiro atoms. The van der Waals surface area contributed by atoms with E-state index >= 15 is 0 Å². The Morgan fingerprint density at radius 2 is 1.75 bits per heavy atom. The van der Waals surface area contributed by atoms with Crippen LogP contribution in [0, 0.1) is 5.92 Å². The van der Waals surface area contributed by atoms with Gasteiger partial charge in [-0.3, -0.25) is 4.90 Å². The van der Waals surface area contributed by atoms with Crippen LogP contribution in [0.25, 0.3) is 11.3 Å². The van der Waals surface area contributed by atoms with E-state index < -0.39 is 0 Å². The normalized spacial score (nSPS) is 17.3. The number of para-hydroxylation sites is 1. The van der Waals surface area contributed by atoms with E-state index in [1.807, 2.05) is 36.4 Å². The number of rotatable bonds is 12. The fourth-order valence-corrected chi connectivity index (χ4v) is 5.19. The lowest BCUT2D eigenvalue weighted by Gasteiger charge is -2.34. The summed E-state index contributed by atoms with van der Waals surface area (Å²) in [5, 5.41) is 0. The highest BCUT2D eigenvalue weighted by Gasteiger charge is 2.28. The maximum absolute atomic E-state index is 6.63. The molecule has 1 unspecified atom stereocenters. The third-order valence-electron chi connectivity index (χ3n) is 7.35. The van der Waals surface area contributed by atoms with Gasteiger partial charge in [-0.25, -0.2) is 4.98 Å². The van der Waals surface area contributed by atoms with Crippen molar-refractivity contribution in [1.82, 2.24) is 14.8 Å². The van der Waals surface area contributed by atoms with Crippen LogP contribution in [0.1, 0.15) is 18.4 Å². The molecular weight excluding hydrogens is 506 g/mol. The zero-order valence-electron chi connectivity index (χ0n) is 23.9. The number of benzene rings is 2. The average molecular weight is 548 g/mol. The van der Waals surface area contributed by atoms with Gasteiger partial charge in [0.15, 0.2) is 11.5 Å². The van der Waals surface area contributed by atoms with Gasteiger partial charge in [0, 0.05) is 51.0 Å². The molecule has 0 bridgehead atoms. The van der Waals surface area contributed by atoms with E-state index in [4.69, 9.17) is 23.7 Å². The molecule has 8 nitrogen and oxygen atoms in total. The summed E-state index contributed by atoms with van der Waals surface area (Å²) in [6.45, 7) is 6.34. The highest BCUT2D eigenvalue weighted by atomic mass is 16.6. The Kier molecular flexibility index (Phi) is 9.76. The van der Waals surface area contributed by atoms with Crippen LogP contribution >= 0.6 is 0 Å². The first-order valence-electron chi connectivity index (χ1n) is 14.2. The number of likely N-dealkylation sites (N-methyl/N-ethyl adjacent to an activating group) is 1. The van der Waals surface area contributed by atoms with Crippen molar-refractivity contribution in [3.05, 3.63) is 66.2 Å². The summed E-state index contributed by atoms with van der Waals surface area (Å²) >= 11 is 0. The second kappa shape index (κ2) is 13.8. The predicted octanol–water partition coefficient (Wildman–Crippen LogP) is 4.77. The molecular formula is C32H41N3O5. The van der Waals surface area contributed by atoms with E-state index in [1.54, 1.807) is 7.11 Å². The molecule has 214 valence electrons. The molecule has 1 atom stereocenters. The summed E-state index contributed by atoms with van der Waals surface area (Å²) < 4.78 is 29.7. The summed E-state index contributed by atoms with van der Waals surface area (Å²) in [5.74, 6) is 3.57. The van der Waals surface area contributed by atoms with Crippen LogP contribution in [0.5, 0.6) is 23.1 Å². The van der Waals surface area contributed by atoms with E-state index in [2.05, 4.69) is 53.1 Å². The summed E-state index contributed by atoms with van der Waals surface area (Å²) in [6, 6.07) is 20.2. The third kappa shape index (κ3) is 7.65. The van der Waals surface area contributed by atoms with Crippen LogP contribution in [0.4, 0.5) is 0 Å². The lowest BCUT2D eigenvalue weighted by molar-refractivity contribution is 0.0283. The van der Waals surface area contributed by atoms with Gasteiger partial charge in [-0.2, -0.15) is 0 Å². The Bertz CT molecular complexity index is 1210. The van der Waals surface area contributed by atoms with E-state index in [9.17, 15) is 0 Å². The summed E-state index contributed by atoms with van der Waals surface area (Å²) in [6.07, 6.45) is 2.07. The van der Waals surface area contributed by atoms with Crippen molar-refractivity contribution in [2.75, 3.05) is 67.3 Å². The average Bonchev–Trinajstić information content (AvgIpc) is 2.98. The molecule has 0 saturated carbocycles. The Hall–Kier alpha value is -3.33. The van der Waals surface area contributed by atoms with Crippen LogP contribution in [-0.2, 0) is 11.3 Å². The molecule has 2 aliphatic rings. The molecule has 3 aromatic rings. The van der Waals surface area contributed by atoms with E-state index in [-0.39, 0.29) is 6.10 Å². The maximum Gasteiger partial charge on any atom is 0.213 e. The highest BCUT2D eigenvalue weighted by Crippen LogP contribution is 2.41. The number of fused-ring (bicyclic) bond motifs is 1. The molecule has 0 N–H and O–H groups in total. The summed E-state index contributed by atoms with van der Waals surface area (Å²) in [7, 11) is 5.73. The van der Waals surface area contributed by atoms with Crippen LogP contribution < -0.4 is 18.9 Å². The number of methoxy groups -OCH3 is 1. The lowest BCUT2D eigenvalue weighted by Crippen LogP contribution is -2.43. The third-order valence-corrected chi connectivity index (χ3v) is 7.35. The van der Waals surface area contributed by atoms with E-state index in [0.717, 1.165) is 80.7 Å². The van der Waals surface area contributed by atoms with E-state index in [1.165, 1.54) is 5.56 Å². The Balaban J connectivity index is 1.29. The Labute approximate surface area is 237 Å².